The van der Waals surface area contributed by atoms with Crippen LogP contribution in [0.15, 0.2) is 29.2 Å². The Bertz CT molecular complexity index is 761. The first-order chi connectivity index (χ1) is 18.0. The molecule has 0 aliphatic rings. The number of benzene rings is 1. The number of hydrogen-bond donors (Lipinski definition) is 2. The van der Waals surface area contributed by atoms with E-state index in [0.717, 1.165) is 22.3 Å². The lowest BCUT2D eigenvalue weighted by molar-refractivity contribution is -0.873. The van der Waals surface area contributed by atoms with E-state index in [9.17, 15) is 13.5 Å². The Morgan fingerprint density at radius 1 is 0.737 bits per heavy atom. The van der Waals surface area contributed by atoms with Crippen molar-refractivity contribution in [1.82, 2.24) is 0 Å². The average Bonchev–Trinajstić information content (AvgIpc) is 2.82. The normalized spacial score (nSPS) is 12.7. The highest BCUT2D eigenvalue weighted by Gasteiger charge is 2.14. The molecule has 1 unspecified atom stereocenters. The molecule has 1 atom stereocenters. The van der Waals surface area contributed by atoms with E-state index in [1.165, 1.54) is 121 Å². The molecule has 0 radical (unpaired) electrons. The molecule has 0 saturated carbocycles. The minimum Gasteiger partial charge on any atom is -0.386 e. The van der Waals surface area contributed by atoms with Crippen LogP contribution in [0.2, 0.25) is 0 Å². The number of aryl methyl sites for hydroxylation is 1. The first-order valence-corrected chi connectivity index (χ1v) is 17.7. The number of aliphatic hydroxyl groups is 1. The molecule has 2 N–H and O–H groups in total. The van der Waals surface area contributed by atoms with Crippen LogP contribution in [-0.2, 0) is 10.1 Å². The fraction of sp³-hybridized carbons (Fsp3) is 0.806. The Morgan fingerprint density at radius 2 is 1.13 bits per heavy atom. The molecule has 0 aliphatic carbocycles. The smallest absolute Gasteiger partial charge is 0.294 e. The van der Waals surface area contributed by atoms with Gasteiger partial charge >= 0.3 is 0 Å². The van der Waals surface area contributed by atoms with Crippen molar-refractivity contribution in [3.05, 3.63) is 29.8 Å². The number of rotatable bonds is 22. The summed E-state index contributed by atoms with van der Waals surface area (Å²) >= 11 is 1.93. The first kappa shape index (κ1) is 37.4. The van der Waals surface area contributed by atoms with Crippen LogP contribution in [0.4, 0.5) is 0 Å². The summed E-state index contributed by atoms with van der Waals surface area (Å²) in [4.78, 5) is -0.0666. The molecule has 5 nitrogen and oxygen atoms in total. The monoisotopic (exact) mass is 574 g/mol. The zero-order chi connectivity index (χ0) is 28.7. The lowest BCUT2D eigenvalue weighted by atomic mass is 10.0. The largest absolute Gasteiger partial charge is 0.386 e. The molecule has 0 bridgehead atoms. The molecule has 0 saturated heterocycles. The third kappa shape index (κ3) is 25.7. The van der Waals surface area contributed by atoms with E-state index in [4.69, 9.17) is 4.55 Å². The highest BCUT2D eigenvalue weighted by atomic mass is 32.2. The maximum Gasteiger partial charge on any atom is 0.294 e. The first-order valence-electron chi connectivity index (χ1n) is 15.1. The minimum atomic E-state index is -4.02. The summed E-state index contributed by atoms with van der Waals surface area (Å²) in [5.41, 5.74) is 0.956. The third-order valence-electron chi connectivity index (χ3n) is 6.53. The van der Waals surface area contributed by atoms with Crippen molar-refractivity contribution in [1.29, 1.82) is 0 Å². The summed E-state index contributed by atoms with van der Waals surface area (Å²) < 4.78 is 30.4. The van der Waals surface area contributed by atoms with E-state index in [1.54, 1.807) is 12.1 Å². The number of thioether (sulfide) groups is 1. The van der Waals surface area contributed by atoms with Gasteiger partial charge in [-0.15, -0.1) is 0 Å². The number of nitrogens with zero attached hydrogens (tertiary/aromatic N) is 1. The van der Waals surface area contributed by atoms with Crippen molar-refractivity contribution in [3.8, 4) is 0 Å². The van der Waals surface area contributed by atoms with Crippen LogP contribution >= 0.6 is 11.8 Å². The van der Waals surface area contributed by atoms with E-state index in [0.29, 0.717) is 0 Å². The number of aliphatic hydroxyl groups excluding tert-OH is 1. The molecule has 0 spiro atoms. The van der Waals surface area contributed by atoms with Gasteiger partial charge in [0.15, 0.2) is 0 Å². The van der Waals surface area contributed by atoms with E-state index >= 15 is 0 Å². The maximum absolute atomic E-state index is 10.5. The van der Waals surface area contributed by atoms with Crippen molar-refractivity contribution in [2.45, 2.75) is 128 Å². The second kappa shape index (κ2) is 23.1. The molecule has 7 heteroatoms. The zero-order valence-corrected chi connectivity index (χ0v) is 26.9. The SMILES string of the molecule is CCCCCCCCCCCCCCCCCCSCC(O)C[N+](C)(C)C.Cc1ccc(S(=O)(=O)O)cc1. The van der Waals surface area contributed by atoms with Crippen LogP contribution in [0.25, 0.3) is 0 Å². The predicted molar refractivity (Wildman–Crippen MR) is 167 cm³/mol. The lowest BCUT2D eigenvalue weighted by Crippen LogP contribution is -2.42. The van der Waals surface area contributed by atoms with Gasteiger partial charge in [0.05, 0.1) is 26.0 Å². The molecular formula is C31H60NO4S2+. The average molecular weight is 575 g/mol. The Morgan fingerprint density at radius 3 is 1.50 bits per heavy atom. The number of hydrogen-bond acceptors (Lipinski definition) is 4. The topological polar surface area (TPSA) is 74.6 Å². The van der Waals surface area contributed by atoms with Gasteiger partial charge in [0.1, 0.15) is 12.6 Å². The second-order valence-corrected chi connectivity index (χ2v) is 14.4. The van der Waals surface area contributed by atoms with E-state index in [2.05, 4.69) is 28.1 Å². The van der Waals surface area contributed by atoms with Crippen molar-refractivity contribution in [2.75, 3.05) is 39.2 Å². The summed E-state index contributed by atoms with van der Waals surface area (Å²) in [7, 11) is 2.41. The fourth-order valence-corrected chi connectivity index (χ4v) is 5.80. The quantitative estimate of drug-likeness (QED) is 0.0828. The van der Waals surface area contributed by atoms with Crippen molar-refractivity contribution >= 4 is 21.9 Å². The van der Waals surface area contributed by atoms with E-state index < -0.39 is 10.1 Å². The molecule has 224 valence electrons. The third-order valence-corrected chi connectivity index (χ3v) is 8.60. The van der Waals surface area contributed by atoms with Crippen molar-refractivity contribution in [3.63, 3.8) is 0 Å². The number of unbranched alkanes of at least 4 members (excludes halogenated alkanes) is 15. The second-order valence-electron chi connectivity index (χ2n) is 11.8. The summed E-state index contributed by atoms with van der Waals surface area (Å²) in [6, 6.07) is 5.99. The van der Waals surface area contributed by atoms with Crippen LogP contribution in [0.3, 0.4) is 0 Å². The van der Waals surface area contributed by atoms with Gasteiger partial charge in [0.2, 0.25) is 0 Å². The van der Waals surface area contributed by atoms with Crippen LogP contribution in [-0.4, -0.2) is 67.9 Å². The highest BCUT2D eigenvalue weighted by molar-refractivity contribution is 7.99. The molecule has 38 heavy (non-hydrogen) atoms. The maximum atomic E-state index is 10.5. The highest BCUT2D eigenvalue weighted by Crippen LogP contribution is 2.15. The Kier molecular flexibility index (Phi) is 22.8. The molecule has 0 aromatic heterocycles. The Labute approximate surface area is 240 Å². The van der Waals surface area contributed by atoms with E-state index in [1.807, 2.05) is 18.7 Å². The molecule has 1 rings (SSSR count). The van der Waals surface area contributed by atoms with Crippen molar-refractivity contribution in [2.24, 2.45) is 0 Å². The van der Waals surface area contributed by atoms with Gasteiger partial charge in [-0.2, -0.15) is 20.2 Å². The number of quaternary nitrogens is 1. The van der Waals surface area contributed by atoms with Gasteiger partial charge in [0, 0.05) is 5.75 Å². The summed E-state index contributed by atoms with van der Waals surface area (Å²) in [6.45, 7) is 4.99. The van der Waals surface area contributed by atoms with Gasteiger partial charge < -0.3 is 9.59 Å². The lowest BCUT2D eigenvalue weighted by Gasteiger charge is -2.26. The fourth-order valence-electron chi connectivity index (χ4n) is 4.37. The summed E-state index contributed by atoms with van der Waals surface area (Å²) in [6.07, 6.45) is 22.7. The van der Waals surface area contributed by atoms with Gasteiger partial charge in [0.25, 0.3) is 10.1 Å². The predicted octanol–water partition coefficient (Wildman–Crippen LogP) is 8.29. The molecule has 1 aromatic rings. The van der Waals surface area contributed by atoms with Gasteiger partial charge in [-0.25, -0.2) is 0 Å². The van der Waals surface area contributed by atoms with Crippen LogP contribution in [0.5, 0.6) is 0 Å². The molecule has 0 amide bonds. The van der Waals surface area contributed by atoms with Crippen molar-refractivity contribution < 1.29 is 22.6 Å². The van der Waals surface area contributed by atoms with Crippen LogP contribution in [0, 0.1) is 6.92 Å². The molecule has 1 aromatic carbocycles. The molecular weight excluding hydrogens is 514 g/mol. The van der Waals surface area contributed by atoms with Crippen LogP contribution in [0.1, 0.15) is 115 Å². The van der Waals surface area contributed by atoms with Gasteiger partial charge in [-0.3, -0.25) is 4.55 Å². The van der Waals surface area contributed by atoms with Gasteiger partial charge in [-0.1, -0.05) is 121 Å². The summed E-state index contributed by atoms with van der Waals surface area (Å²) in [5, 5.41) is 9.98. The van der Waals surface area contributed by atoms with Gasteiger partial charge in [-0.05, 0) is 31.2 Å². The molecule has 0 fully saturated rings. The van der Waals surface area contributed by atoms with E-state index in [-0.39, 0.29) is 11.0 Å². The van der Waals surface area contributed by atoms with Crippen LogP contribution < -0.4 is 0 Å². The standard InChI is InChI=1S/C24H52NOS.C7H8O3S/c1-5-6-7-8-9-10-11-12-13-14-15-16-17-18-19-20-21-27-23-24(26)22-25(2,3)4;1-6-2-4-7(5-3-6)11(8,9)10/h24,26H,5-23H2,1-4H3;2-5H,1H3,(H,8,9,10)/q+1;. The Balaban J connectivity index is 0.00000103. The zero-order valence-electron chi connectivity index (χ0n) is 25.3. The minimum absolute atomic E-state index is 0.0666. The molecule has 0 aliphatic heterocycles. The Hall–Kier alpha value is -0.600. The molecule has 0 heterocycles. The number of likely N-dealkylation sites (N-methyl/N-ethyl adjacent to an activating group) is 1. The summed E-state index contributed by atoms with van der Waals surface area (Å²) in [5.74, 6) is 2.11.